The van der Waals surface area contributed by atoms with E-state index in [4.69, 9.17) is 5.11 Å². The molecule has 3 nitrogen and oxygen atoms in total. The first-order chi connectivity index (χ1) is 7.43. The normalized spacial score (nSPS) is 10.8. The van der Waals surface area contributed by atoms with Crippen LogP contribution >= 0.6 is 11.3 Å². The number of phenols is 1. The van der Waals surface area contributed by atoms with Crippen LogP contribution in [0.15, 0.2) is 6.07 Å². The van der Waals surface area contributed by atoms with E-state index in [9.17, 15) is 9.90 Å². The fraction of sp³-hybridized carbons (Fsp3) is 0.100. The minimum Gasteiger partial charge on any atom is -0.509 e. The van der Waals surface area contributed by atoms with E-state index in [1.807, 2.05) is 21.8 Å². The monoisotopic (exact) mass is 232 g/mol. The molecule has 0 unspecified atom stereocenters. The molecule has 16 heavy (non-hydrogen) atoms. The number of hydrogen-bond acceptors (Lipinski definition) is 3. The van der Waals surface area contributed by atoms with Gasteiger partial charge in [0, 0.05) is 4.70 Å². The maximum Gasteiger partial charge on any atom is 0.346 e. The maximum absolute atomic E-state index is 11.0. The Morgan fingerprint density at radius 1 is 1.44 bits per heavy atom. The Kier molecular flexibility index (Phi) is 2.46. The van der Waals surface area contributed by atoms with Gasteiger partial charge in [0.05, 0.1) is 0 Å². The summed E-state index contributed by atoms with van der Waals surface area (Å²) in [5.41, 5.74) is 2.28. The third-order valence-electron chi connectivity index (χ3n) is 2.82. The number of carboxylic acids is 1. The smallest absolute Gasteiger partial charge is 0.346 e. The number of benzene rings is 1. The topological polar surface area (TPSA) is 57.5 Å². The molecule has 1 aromatic carbocycles. The quantitative estimate of drug-likeness (QED) is 0.628. The molecule has 1 heterocycles. The molecule has 0 aliphatic heterocycles. The maximum atomic E-state index is 11.0. The minimum absolute atomic E-state index is 0.255. The van der Waals surface area contributed by atoms with E-state index in [2.05, 4.69) is 0 Å². The number of aromatic hydroxyl groups is 1. The van der Waals surface area contributed by atoms with Gasteiger partial charge in [-0.1, -0.05) is 0 Å². The number of rotatable bonds is 1. The zero-order valence-electron chi connectivity index (χ0n) is 9.29. The second-order valence-electron chi connectivity index (χ2n) is 3.90. The van der Waals surface area contributed by atoms with Crippen molar-refractivity contribution in [3.63, 3.8) is 0 Å². The molecule has 0 bridgehead atoms. The van der Waals surface area contributed by atoms with Crippen molar-refractivity contribution in [2.24, 2.45) is 0 Å². The molecule has 0 aliphatic carbocycles. The van der Waals surface area contributed by atoms with Gasteiger partial charge in [-0.3, -0.25) is 0 Å². The van der Waals surface area contributed by atoms with E-state index in [0.29, 0.717) is 4.88 Å². The Labute approximate surface area is 98.5 Å². The number of hydrogen-bond donors (Lipinski definition) is 2. The lowest BCUT2D eigenvalue weighted by Crippen LogP contribution is -2.15. The third-order valence-corrected chi connectivity index (χ3v) is 4.05. The van der Waals surface area contributed by atoms with Crippen molar-refractivity contribution >= 4 is 54.0 Å². The van der Waals surface area contributed by atoms with E-state index >= 15 is 0 Å². The number of phenolic OH excluding ortho intramolecular Hbond substituents is 1. The number of carboxylic acid groups (broad SMARTS) is 1. The first-order valence-corrected chi connectivity index (χ1v) is 5.70. The van der Waals surface area contributed by atoms with Crippen LogP contribution in [0.3, 0.4) is 0 Å². The Morgan fingerprint density at radius 3 is 2.62 bits per heavy atom. The van der Waals surface area contributed by atoms with Crippen molar-refractivity contribution in [1.82, 2.24) is 0 Å². The van der Waals surface area contributed by atoms with Crippen LogP contribution < -0.4 is 10.9 Å². The van der Waals surface area contributed by atoms with Crippen LogP contribution in [-0.2, 0) is 0 Å². The van der Waals surface area contributed by atoms with Gasteiger partial charge in [0.1, 0.15) is 26.3 Å². The molecule has 0 atom stereocenters. The van der Waals surface area contributed by atoms with Gasteiger partial charge in [-0.05, 0) is 34.9 Å². The second kappa shape index (κ2) is 3.56. The van der Waals surface area contributed by atoms with Crippen molar-refractivity contribution in [1.29, 1.82) is 0 Å². The zero-order valence-corrected chi connectivity index (χ0v) is 10.1. The van der Waals surface area contributed by atoms with Crippen molar-refractivity contribution in [2.75, 3.05) is 0 Å². The summed E-state index contributed by atoms with van der Waals surface area (Å²) < 4.78 is 0.919. The Morgan fingerprint density at radius 2 is 2.06 bits per heavy atom. The van der Waals surface area contributed by atoms with E-state index in [1.54, 1.807) is 6.92 Å². The summed E-state index contributed by atoms with van der Waals surface area (Å²) in [6, 6.07) is 1.84. The van der Waals surface area contributed by atoms with Gasteiger partial charge in [-0.2, -0.15) is 0 Å². The number of thiophene rings is 1. The predicted octanol–water partition coefficient (Wildman–Crippen LogP) is -0.870. The highest BCUT2D eigenvalue weighted by molar-refractivity contribution is 7.21. The van der Waals surface area contributed by atoms with Crippen LogP contribution in [0, 0.1) is 6.92 Å². The van der Waals surface area contributed by atoms with E-state index in [1.165, 1.54) is 11.3 Å². The first kappa shape index (κ1) is 11.1. The molecule has 0 radical (unpaired) electrons. The number of aryl methyl sites for hydroxylation is 1. The molecular weight excluding hydrogens is 222 g/mol. The molecule has 0 fully saturated rings. The van der Waals surface area contributed by atoms with E-state index < -0.39 is 5.97 Å². The second-order valence-corrected chi connectivity index (χ2v) is 4.95. The highest BCUT2D eigenvalue weighted by Gasteiger charge is 2.17. The van der Waals surface area contributed by atoms with E-state index in [0.717, 1.165) is 26.6 Å². The van der Waals surface area contributed by atoms with Crippen LogP contribution in [0.4, 0.5) is 0 Å². The highest BCUT2D eigenvalue weighted by atomic mass is 32.1. The predicted molar refractivity (Wildman–Crippen MR) is 71.5 cm³/mol. The van der Waals surface area contributed by atoms with Gasteiger partial charge in [-0.25, -0.2) is 4.79 Å². The summed E-state index contributed by atoms with van der Waals surface area (Å²) in [6.07, 6.45) is 0. The van der Waals surface area contributed by atoms with Crippen LogP contribution in [0.2, 0.25) is 0 Å². The standard InChI is InChI=1S/C10H10B2O3S/c1-3-6-5(16-9(3)10(14)15)2-4(11)8(13)7(6)12/h2,13H,11-12H2,1H3,(H,14,15). The average molecular weight is 232 g/mol. The summed E-state index contributed by atoms with van der Waals surface area (Å²) in [5, 5.41) is 19.7. The lowest BCUT2D eigenvalue weighted by molar-refractivity contribution is 0.0701. The highest BCUT2D eigenvalue weighted by Crippen LogP contribution is 2.30. The number of fused-ring (bicyclic) bond motifs is 1. The largest absolute Gasteiger partial charge is 0.509 e. The fourth-order valence-electron chi connectivity index (χ4n) is 1.99. The van der Waals surface area contributed by atoms with Gasteiger partial charge in [0.2, 0.25) is 0 Å². The van der Waals surface area contributed by atoms with Gasteiger partial charge in [0.25, 0.3) is 0 Å². The summed E-state index contributed by atoms with van der Waals surface area (Å²) in [7, 11) is 3.63. The molecule has 2 N–H and O–H groups in total. The van der Waals surface area contributed by atoms with Crippen molar-refractivity contribution in [2.45, 2.75) is 6.92 Å². The lowest BCUT2D eigenvalue weighted by atomic mass is 9.82. The molecule has 80 valence electrons. The molecular formula is C10H10B2O3S. The van der Waals surface area contributed by atoms with Gasteiger partial charge < -0.3 is 10.2 Å². The number of carbonyl (C=O) groups is 1. The molecule has 1 aromatic heterocycles. The van der Waals surface area contributed by atoms with E-state index in [-0.39, 0.29) is 5.75 Å². The van der Waals surface area contributed by atoms with Gasteiger partial charge in [-0.15, -0.1) is 11.3 Å². The molecule has 6 heteroatoms. The van der Waals surface area contributed by atoms with Crippen LogP contribution in [0.5, 0.6) is 5.75 Å². The third kappa shape index (κ3) is 1.41. The summed E-state index contributed by atoms with van der Waals surface area (Å²) in [4.78, 5) is 11.4. The van der Waals surface area contributed by atoms with Crippen LogP contribution in [-0.4, -0.2) is 31.9 Å². The fourth-order valence-corrected chi connectivity index (χ4v) is 3.19. The Bertz CT molecular complexity index is 604. The van der Waals surface area contributed by atoms with Crippen molar-refractivity contribution < 1.29 is 15.0 Å². The van der Waals surface area contributed by atoms with Crippen molar-refractivity contribution in [3.05, 3.63) is 16.5 Å². The van der Waals surface area contributed by atoms with Crippen molar-refractivity contribution in [3.8, 4) is 5.75 Å². The van der Waals surface area contributed by atoms with Gasteiger partial charge >= 0.3 is 5.97 Å². The SMILES string of the molecule is Bc1cc2sc(C(=O)O)c(C)c2c(B)c1O. The molecule has 2 rings (SSSR count). The Hall–Kier alpha value is -1.42. The molecule has 0 saturated carbocycles. The molecule has 2 aromatic rings. The van der Waals surface area contributed by atoms with Crippen LogP contribution in [0.25, 0.3) is 10.1 Å². The molecule has 0 saturated heterocycles. The van der Waals surface area contributed by atoms with Gasteiger partial charge in [0.15, 0.2) is 0 Å². The molecule has 0 amide bonds. The summed E-state index contributed by atoms with van der Waals surface area (Å²) in [6.45, 7) is 1.78. The lowest BCUT2D eigenvalue weighted by Gasteiger charge is -2.05. The molecule has 0 aliphatic rings. The first-order valence-electron chi connectivity index (χ1n) is 4.89. The number of aromatic carboxylic acids is 1. The molecule has 0 spiro atoms. The Balaban J connectivity index is 2.93. The summed E-state index contributed by atoms with van der Waals surface area (Å²) in [5.74, 6) is -0.652. The summed E-state index contributed by atoms with van der Waals surface area (Å²) >= 11 is 1.26. The average Bonchev–Trinajstić information content (AvgIpc) is 2.52. The zero-order chi connectivity index (χ0) is 12.0. The minimum atomic E-state index is -0.907. The van der Waals surface area contributed by atoms with Crippen LogP contribution in [0.1, 0.15) is 15.2 Å².